The minimum absolute atomic E-state index is 0.0370. The van der Waals surface area contributed by atoms with E-state index in [1.165, 1.54) is 0 Å². The Morgan fingerprint density at radius 3 is 2.36 bits per heavy atom. The van der Waals surface area contributed by atoms with Gasteiger partial charge in [-0.15, -0.1) is 0 Å². The van der Waals surface area contributed by atoms with Gasteiger partial charge in [-0.05, 0) is 35.7 Å². The Morgan fingerprint density at radius 2 is 1.79 bits per heavy atom. The van der Waals surface area contributed by atoms with Gasteiger partial charge in [-0.2, -0.15) is 0 Å². The van der Waals surface area contributed by atoms with E-state index in [2.05, 4.69) is 10.3 Å². The second-order valence-corrected chi connectivity index (χ2v) is 6.41. The first kappa shape index (κ1) is 19.4. The zero-order valence-electron chi connectivity index (χ0n) is 16.0. The zero-order valence-corrected chi connectivity index (χ0v) is 16.0. The molecule has 0 bridgehead atoms. The molecule has 2 aromatic carbocycles. The quantitative estimate of drug-likeness (QED) is 0.714. The maximum Gasteiger partial charge on any atom is 0.307 e. The number of methoxy groups -OCH3 is 2. The van der Waals surface area contributed by atoms with Crippen LogP contribution in [0.5, 0.6) is 11.5 Å². The number of fused-ring (bicyclic) bond motifs is 1. The van der Waals surface area contributed by atoms with E-state index in [0.29, 0.717) is 34.9 Å². The van der Waals surface area contributed by atoms with Gasteiger partial charge < -0.3 is 19.9 Å². The third kappa shape index (κ3) is 3.83. The highest BCUT2D eigenvalue weighted by Crippen LogP contribution is 2.42. The van der Waals surface area contributed by atoms with Crippen LogP contribution < -0.4 is 14.8 Å². The van der Waals surface area contributed by atoms with Crippen LogP contribution in [0.25, 0.3) is 0 Å². The first-order chi connectivity index (χ1) is 13.5. The summed E-state index contributed by atoms with van der Waals surface area (Å²) < 4.78 is 10.7. The molecule has 1 heterocycles. The Hall–Kier alpha value is -3.35. The van der Waals surface area contributed by atoms with Crippen molar-refractivity contribution in [3.05, 3.63) is 47.5 Å². The van der Waals surface area contributed by atoms with Crippen LogP contribution in [0.15, 0.2) is 41.4 Å². The number of carbonyl (C=O) groups is 2. The van der Waals surface area contributed by atoms with Gasteiger partial charge >= 0.3 is 5.97 Å². The molecule has 146 valence electrons. The lowest BCUT2D eigenvalue weighted by Gasteiger charge is -2.14. The molecule has 0 aliphatic carbocycles. The number of ether oxygens (including phenoxy) is 2. The normalized spacial score (nSPS) is 15.8. The Labute approximate surface area is 163 Å². The zero-order chi connectivity index (χ0) is 20.3. The predicted octanol–water partition coefficient (Wildman–Crippen LogP) is 3.55. The molecule has 7 nitrogen and oxygen atoms in total. The molecule has 3 rings (SSSR count). The standard InChI is InChI=1S/C21H22N2O5/c1-4-15(22-13-7-5-12(6-8-13)9-19(24)25)20-14-10-17(27-2)18(28-3)11-16(14)23-21(20)26/h5-8,10-11,20H,4,9H2,1-3H3,(H,23,26)(H,24,25). The summed E-state index contributed by atoms with van der Waals surface area (Å²) >= 11 is 0. The summed E-state index contributed by atoms with van der Waals surface area (Å²) in [7, 11) is 3.10. The van der Waals surface area contributed by atoms with Gasteiger partial charge in [0.1, 0.15) is 5.92 Å². The molecule has 1 unspecified atom stereocenters. The molecule has 7 heteroatoms. The van der Waals surface area contributed by atoms with E-state index in [-0.39, 0.29) is 12.3 Å². The SMILES string of the molecule is CCC(=Nc1ccc(CC(=O)O)cc1)C1C(=O)Nc2cc(OC)c(OC)cc21. The van der Waals surface area contributed by atoms with Crippen molar-refractivity contribution in [3.63, 3.8) is 0 Å². The molecule has 0 aromatic heterocycles. The van der Waals surface area contributed by atoms with Gasteiger partial charge in [0.2, 0.25) is 5.91 Å². The summed E-state index contributed by atoms with van der Waals surface area (Å²) in [4.78, 5) is 28.1. The number of carboxylic acids is 1. The first-order valence-electron chi connectivity index (χ1n) is 8.91. The maximum absolute atomic E-state index is 12.7. The van der Waals surface area contributed by atoms with Gasteiger partial charge in [-0.3, -0.25) is 14.6 Å². The molecule has 2 N–H and O–H groups in total. The van der Waals surface area contributed by atoms with Crippen LogP contribution in [0.1, 0.15) is 30.4 Å². The van der Waals surface area contributed by atoms with Crippen LogP contribution in [-0.2, 0) is 16.0 Å². The van der Waals surface area contributed by atoms with Crippen molar-refractivity contribution in [2.24, 2.45) is 4.99 Å². The van der Waals surface area contributed by atoms with Crippen molar-refractivity contribution in [1.82, 2.24) is 0 Å². The summed E-state index contributed by atoms with van der Waals surface area (Å²) in [5, 5.41) is 11.8. The predicted molar refractivity (Wildman–Crippen MR) is 106 cm³/mol. The number of nitrogens with one attached hydrogen (secondary N) is 1. The number of carboxylic acid groups (broad SMARTS) is 1. The summed E-state index contributed by atoms with van der Waals surface area (Å²) in [5.41, 5.74) is 3.57. The van der Waals surface area contributed by atoms with Crippen LogP contribution in [0.3, 0.4) is 0 Å². The number of carbonyl (C=O) groups excluding carboxylic acids is 1. The molecule has 0 saturated carbocycles. The summed E-state index contributed by atoms with van der Waals surface area (Å²) in [6.45, 7) is 1.95. The smallest absolute Gasteiger partial charge is 0.307 e. The van der Waals surface area contributed by atoms with E-state index >= 15 is 0 Å². The number of amides is 1. The number of hydrogen-bond donors (Lipinski definition) is 2. The van der Waals surface area contributed by atoms with E-state index < -0.39 is 11.9 Å². The molecule has 0 radical (unpaired) electrons. The van der Waals surface area contributed by atoms with E-state index in [4.69, 9.17) is 14.6 Å². The maximum atomic E-state index is 12.7. The fraction of sp³-hybridized carbons (Fsp3) is 0.286. The van der Waals surface area contributed by atoms with Crippen LogP contribution >= 0.6 is 0 Å². The van der Waals surface area contributed by atoms with E-state index in [1.54, 1.807) is 50.6 Å². The summed E-state index contributed by atoms with van der Waals surface area (Å²) in [6, 6.07) is 10.5. The molecule has 1 atom stereocenters. The Bertz CT molecular complexity index is 935. The molecule has 1 aliphatic heterocycles. The van der Waals surface area contributed by atoms with E-state index in [1.807, 2.05) is 6.92 Å². The number of aliphatic imine (C=N–C) groups is 1. The second kappa shape index (κ2) is 8.12. The highest BCUT2D eigenvalue weighted by Gasteiger charge is 2.35. The van der Waals surface area contributed by atoms with Crippen molar-refractivity contribution in [1.29, 1.82) is 0 Å². The lowest BCUT2D eigenvalue weighted by molar-refractivity contribution is -0.136. The van der Waals surface area contributed by atoms with E-state index in [0.717, 1.165) is 11.3 Å². The van der Waals surface area contributed by atoms with E-state index in [9.17, 15) is 9.59 Å². The van der Waals surface area contributed by atoms with Crippen LogP contribution in [0, 0.1) is 0 Å². The fourth-order valence-electron chi connectivity index (χ4n) is 3.30. The average molecular weight is 382 g/mol. The molecule has 1 amide bonds. The van der Waals surface area contributed by atoms with Gasteiger partial charge in [-0.25, -0.2) is 0 Å². The highest BCUT2D eigenvalue weighted by atomic mass is 16.5. The Morgan fingerprint density at radius 1 is 1.14 bits per heavy atom. The van der Waals surface area contributed by atoms with Crippen molar-refractivity contribution in [2.75, 3.05) is 19.5 Å². The molecule has 0 spiro atoms. The number of anilines is 1. The van der Waals surface area contributed by atoms with Crippen LogP contribution in [0.2, 0.25) is 0 Å². The lowest BCUT2D eigenvalue weighted by Crippen LogP contribution is -2.20. The summed E-state index contributed by atoms with van der Waals surface area (Å²) in [6.07, 6.45) is 0.549. The van der Waals surface area contributed by atoms with Gasteiger partial charge in [0.15, 0.2) is 11.5 Å². The van der Waals surface area contributed by atoms with Gasteiger partial charge in [-0.1, -0.05) is 19.1 Å². The van der Waals surface area contributed by atoms with Crippen LogP contribution in [-0.4, -0.2) is 36.9 Å². The molecular weight excluding hydrogens is 360 g/mol. The lowest BCUT2D eigenvalue weighted by atomic mass is 9.93. The minimum atomic E-state index is -0.880. The largest absolute Gasteiger partial charge is 0.493 e. The fourth-order valence-corrected chi connectivity index (χ4v) is 3.30. The topological polar surface area (TPSA) is 97.2 Å². The first-order valence-corrected chi connectivity index (χ1v) is 8.91. The van der Waals surface area contributed by atoms with Gasteiger partial charge in [0.25, 0.3) is 0 Å². The van der Waals surface area contributed by atoms with Crippen molar-refractivity contribution < 1.29 is 24.2 Å². The second-order valence-electron chi connectivity index (χ2n) is 6.41. The third-order valence-corrected chi connectivity index (χ3v) is 4.65. The van der Waals surface area contributed by atoms with Gasteiger partial charge in [0, 0.05) is 17.5 Å². The molecule has 0 saturated heterocycles. The molecular formula is C21H22N2O5. The third-order valence-electron chi connectivity index (χ3n) is 4.65. The Balaban J connectivity index is 1.96. The Kier molecular flexibility index (Phi) is 5.63. The van der Waals surface area contributed by atoms with Gasteiger partial charge in [0.05, 0.1) is 26.3 Å². The number of aliphatic carboxylic acids is 1. The monoisotopic (exact) mass is 382 g/mol. The average Bonchev–Trinajstić information content (AvgIpc) is 3.00. The molecule has 1 aliphatic rings. The molecule has 28 heavy (non-hydrogen) atoms. The number of benzene rings is 2. The van der Waals surface area contributed by atoms with Crippen LogP contribution in [0.4, 0.5) is 11.4 Å². The highest BCUT2D eigenvalue weighted by molar-refractivity contribution is 6.19. The summed E-state index contributed by atoms with van der Waals surface area (Å²) in [5.74, 6) is -0.441. The number of nitrogens with zero attached hydrogens (tertiary/aromatic N) is 1. The minimum Gasteiger partial charge on any atom is -0.493 e. The molecule has 0 fully saturated rings. The van der Waals surface area contributed by atoms with Crippen molar-refractivity contribution >= 4 is 29.0 Å². The molecule has 2 aromatic rings. The van der Waals surface area contributed by atoms with Crippen molar-refractivity contribution in [3.8, 4) is 11.5 Å². The number of rotatable bonds is 7. The number of hydrogen-bond acceptors (Lipinski definition) is 5. The van der Waals surface area contributed by atoms with Crippen molar-refractivity contribution in [2.45, 2.75) is 25.7 Å².